The molecule has 5 nitrogen and oxygen atoms in total. The van der Waals surface area contributed by atoms with Crippen LogP contribution in [-0.4, -0.2) is 38.5 Å². The Kier molecular flexibility index (Phi) is 11.8. The van der Waals surface area contributed by atoms with E-state index in [9.17, 15) is 4.79 Å². The zero-order valence-electron chi connectivity index (χ0n) is 15.9. The van der Waals surface area contributed by atoms with Crippen molar-refractivity contribution in [1.82, 2.24) is 16.0 Å². The van der Waals surface area contributed by atoms with E-state index in [4.69, 9.17) is 0 Å². The van der Waals surface area contributed by atoms with E-state index in [0.29, 0.717) is 18.4 Å². The number of rotatable bonds is 9. The van der Waals surface area contributed by atoms with Crippen molar-refractivity contribution < 1.29 is 4.79 Å². The van der Waals surface area contributed by atoms with Crippen LogP contribution in [0.5, 0.6) is 0 Å². The Morgan fingerprint density at radius 2 is 1.89 bits per heavy atom. The largest absolute Gasteiger partial charge is 0.356 e. The molecular weight excluding hydrogens is 471 g/mol. The molecule has 148 valence electrons. The second-order valence-electron chi connectivity index (χ2n) is 6.28. The Balaban J connectivity index is 0.00000364. The van der Waals surface area contributed by atoms with Gasteiger partial charge in [-0.05, 0) is 35.8 Å². The van der Waals surface area contributed by atoms with Crippen LogP contribution in [0.1, 0.15) is 17.4 Å². The van der Waals surface area contributed by atoms with Crippen molar-refractivity contribution in [3.05, 3.63) is 58.3 Å². The summed E-state index contributed by atoms with van der Waals surface area (Å²) >= 11 is 1.78. The summed E-state index contributed by atoms with van der Waals surface area (Å²) in [7, 11) is 1.71. The lowest BCUT2D eigenvalue weighted by molar-refractivity contribution is -0.119. The normalized spacial score (nSPS) is 12.0. The standard InChI is InChI=1S/C20H28N4OS.HI/c1-16(13-18-9-6-12-26-18)14-23-20(21-2)24-15-19(25)22-11-10-17-7-4-3-5-8-17;/h3-9,12,16H,10-11,13-15H2,1-2H3,(H,22,25)(H2,21,23,24);1H. The number of benzene rings is 1. The third kappa shape index (κ3) is 9.76. The maximum absolute atomic E-state index is 11.9. The van der Waals surface area contributed by atoms with Crippen LogP contribution in [0.4, 0.5) is 0 Å². The highest BCUT2D eigenvalue weighted by atomic mass is 127. The highest BCUT2D eigenvalue weighted by molar-refractivity contribution is 14.0. The SMILES string of the molecule is CN=C(NCC(=O)NCCc1ccccc1)NCC(C)Cc1cccs1.I. The number of nitrogens with one attached hydrogen (secondary N) is 3. The second-order valence-corrected chi connectivity index (χ2v) is 7.31. The number of guanidine groups is 1. The number of aliphatic imine (C=N–C) groups is 1. The van der Waals surface area contributed by atoms with Gasteiger partial charge in [0.1, 0.15) is 0 Å². The summed E-state index contributed by atoms with van der Waals surface area (Å²) in [5.41, 5.74) is 1.22. The van der Waals surface area contributed by atoms with Crippen molar-refractivity contribution in [2.75, 3.05) is 26.7 Å². The number of hydrogen-bond acceptors (Lipinski definition) is 3. The molecule has 0 fully saturated rings. The predicted octanol–water partition coefficient (Wildman–Crippen LogP) is 3.07. The molecule has 0 radical (unpaired) electrons. The molecule has 0 bridgehead atoms. The van der Waals surface area contributed by atoms with Crippen LogP contribution in [0.15, 0.2) is 52.8 Å². The van der Waals surface area contributed by atoms with Crippen LogP contribution in [0.2, 0.25) is 0 Å². The van der Waals surface area contributed by atoms with Gasteiger partial charge < -0.3 is 16.0 Å². The molecule has 0 saturated carbocycles. The summed E-state index contributed by atoms with van der Waals surface area (Å²) < 4.78 is 0. The molecule has 1 heterocycles. The predicted molar refractivity (Wildman–Crippen MR) is 125 cm³/mol. The van der Waals surface area contributed by atoms with Crippen LogP contribution in [0, 0.1) is 5.92 Å². The molecule has 2 aromatic rings. The first kappa shape index (κ1) is 23.4. The molecule has 3 N–H and O–H groups in total. The Morgan fingerprint density at radius 3 is 2.56 bits per heavy atom. The molecule has 1 aromatic carbocycles. The summed E-state index contributed by atoms with van der Waals surface area (Å²) in [6.45, 7) is 3.87. The maximum Gasteiger partial charge on any atom is 0.239 e. The Bertz CT molecular complexity index is 677. The van der Waals surface area contributed by atoms with Gasteiger partial charge in [0.15, 0.2) is 5.96 Å². The number of carbonyl (C=O) groups excluding carboxylic acids is 1. The number of amides is 1. The molecule has 1 unspecified atom stereocenters. The molecule has 27 heavy (non-hydrogen) atoms. The minimum absolute atomic E-state index is 0. The van der Waals surface area contributed by atoms with E-state index in [1.54, 1.807) is 18.4 Å². The van der Waals surface area contributed by atoms with E-state index in [1.807, 2.05) is 18.2 Å². The number of nitrogens with zero attached hydrogens (tertiary/aromatic N) is 1. The van der Waals surface area contributed by atoms with Gasteiger partial charge in [0.05, 0.1) is 6.54 Å². The van der Waals surface area contributed by atoms with Crippen molar-refractivity contribution in [2.24, 2.45) is 10.9 Å². The topological polar surface area (TPSA) is 65.5 Å². The molecule has 7 heteroatoms. The van der Waals surface area contributed by atoms with Gasteiger partial charge in [-0.1, -0.05) is 43.3 Å². The van der Waals surface area contributed by atoms with Gasteiger partial charge in [0.25, 0.3) is 0 Å². The van der Waals surface area contributed by atoms with Gasteiger partial charge in [-0.15, -0.1) is 35.3 Å². The molecule has 2 rings (SSSR count). The quantitative estimate of drug-likeness (QED) is 0.282. The lowest BCUT2D eigenvalue weighted by atomic mass is 10.1. The first-order chi connectivity index (χ1) is 12.7. The number of thiophene rings is 1. The smallest absolute Gasteiger partial charge is 0.239 e. The molecular formula is C20H29IN4OS. The monoisotopic (exact) mass is 500 g/mol. The lowest BCUT2D eigenvalue weighted by Gasteiger charge is -2.15. The average molecular weight is 500 g/mol. The van der Waals surface area contributed by atoms with E-state index >= 15 is 0 Å². The molecule has 0 aliphatic carbocycles. The summed E-state index contributed by atoms with van der Waals surface area (Å²) in [6.07, 6.45) is 1.88. The second kappa shape index (κ2) is 13.5. The molecule has 0 saturated heterocycles. The van der Waals surface area contributed by atoms with Gasteiger partial charge >= 0.3 is 0 Å². The van der Waals surface area contributed by atoms with Gasteiger partial charge in [-0.25, -0.2) is 0 Å². The van der Waals surface area contributed by atoms with E-state index in [0.717, 1.165) is 19.4 Å². The van der Waals surface area contributed by atoms with E-state index in [1.165, 1.54) is 10.4 Å². The highest BCUT2D eigenvalue weighted by Crippen LogP contribution is 2.13. The Hall–Kier alpha value is -1.61. The van der Waals surface area contributed by atoms with E-state index < -0.39 is 0 Å². The zero-order chi connectivity index (χ0) is 18.6. The van der Waals surface area contributed by atoms with Crippen LogP contribution in [0.25, 0.3) is 0 Å². The highest BCUT2D eigenvalue weighted by Gasteiger charge is 2.07. The van der Waals surface area contributed by atoms with Crippen LogP contribution in [-0.2, 0) is 17.6 Å². The van der Waals surface area contributed by atoms with Crippen LogP contribution >= 0.6 is 35.3 Å². The van der Waals surface area contributed by atoms with Crippen LogP contribution in [0.3, 0.4) is 0 Å². The zero-order valence-corrected chi connectivity index (χ0v) is 19.1. The fraction of sp³-hybridized carbons (Fsp3) is 0.400. The van der Waals surface area contributed by atoms with Crippen molar-refractivity contribution in [2.45, 2.75) is 19.8 Å². The van der Waals surface area contributed by atoms with Crippen molar-refractivity contribution in [1.29, 1.82) is 0 Å². The van der Waals surface area contributed by atoms with E-state index in [2.05, 4.69) is 57.5 Å². The summed E-state index contributed by atoms with van der Waals surface area (Å²) in [5, 5.41) is 11.4. The number of hydrogen-bond donors (Lipinski definition) is 3. The van der Waals surface area contributed by atoms with Gasteiger partial charge in [0, 0.05) is 25.0 Å². The Labute approximate surface area is 183 Å². The van der Waals surface area contributed by atoms with Gasteiger partial charge in [0.2, 0.25) is 5.91 Å². The summed E-state index contributed by atoms with van der Waals surface area (Å²) in [5.74, 6) is 1.11. The van der Waals surface area contributed by atoms with E-state index in [-0.39, 0.29) is 36.4 Å². The lowest BCUT2D eigenvalue weighted by Crippen LogP contribution is -2.44. The number of carbonyl (C=O) groups is 1. The molecule has 0 aliphatic rings. The fourth-order valence-corrected chi connectivity index (χ4v) is 3.42. The minimum atomic E-state index is -0.0319. The van der Waals surface area contributed by atoms with Crippen molar-refractivity contribution >= 4 is 47.2 Å². The minimum Gasteiger partial charge on any atom is -0.356 e. The maximum atomic E-state index is 11.9. The molecule has 1 aromatic heterocycles. The molecule has 1 amide bonds. The molecule has 0 aliphatic heterocycles. The summed E-state index contributed by atoms with van der Waals surface area (Å²) in [4.78, 5) is 17.5. The Morgan fingerprint density at radius 1 is 1.11 bits per heavy atom. The van der Waals surface area contributed by atoms with Gasteiger partial charge in [-0.3, -0.25) is 9.79 Å². The molecule has 0 spiro atoms. The fourth-order valence-electron chi connectivity index (χ4n) is 2.55. The third-order valence-electron chi connectivity index (χ3n) is 3.97. The van der Waals surface area contributed by atoms with Crippen LogP contribution < -0.4 is 16.0 Å². The molecule has 1 atom stereocenters. The first-order valence-electron chi connectivity index (χ1n) is 8.95. The van der Waals surface area contributed by atoms with Crippen molar-refractivity contribution in [3.8, 4) is 0 Å². The van der Waals surface area contributed by atoms with Crippen molar-refractivity contribution in [3.63, 3.8) is 0 Å². The average Bonchev–Trinajstić information content (AvgIpc) is 3.15. The summed E-state index contributed by atoms with van der Waals surface area (Å²) in [6, 6.07) is 14.4. The third-order valence-corrected chi connectivity index (χ3v) is 4.87. The van der Waals surface area contributed by atoms with Gasteiger partial charge in [-0.2, -0.15) is 0 Å². The first-order valence-corrected chi connectivity index (χ1v) is 9.83. The number of halogens is 1.